The number of fused-ring (bicyclic) bond motifs is 1. The standard InChI is InChI=1S/C21H30N6O3/c1-5-17(30-4)18-23-19-16(22)11-15(13-27(19)24-18)21(29)26-10-8-9-14(12-26)20(28)25(6-2)7-3/h5,11,13-14H,6-10,12,22H2,1-4H3. The number of carbonyl (C=O) groups excluding carboxylic acids is 2. The molecule has 2 aromatic rings. The number of amides is 2. The maximum atomic E-state index is 13.2. The second kappa shape index (κ2) is 9.15. The van der Waals surface area contributed by atoms with Gasteiger partial charge in [0.2, 0.25) is 11.7 Å². The van der Waals surface area contributed by atoms with Crippen molar-refractivity contribution >= 4 is 28.9 Å². The molecular formula is C21H30N6O3. The average molecular weight is 415 g/mol. The fourth-order valence-corrected chi connectivity index (χ4v) is 3.91. The number of carbonyl (C=O) groups is 2. The van der Waals surface area contributed by atoms with Crippen LogP contribution in [0.4, 0.5) is 5.69 Å². The van der Waals surface area contributed by atoms with Crippen LogP contribution in [0.25, 0.3) is 11.4 Å². The number of anilines is 1. The molecule has 2 amide bonds. The van der Waals surface area contributed by atoms with E-state index >= 15 is 0 Å². The van der Waals surface area contributed by atoms with Gasteiger partial charge in [0.25, 0.3) is 5.91 Å². The van der Waals surface area contributed by atoms with Gasteiger partial charge >= 0.3 is 0 Å². The Labute approximate surface area is 176 Å². The molecule has 2 aromatic heterocycles. The summed E-state index contributed by atoms with van der Waals surface area (Å²) in [6.45, 7) is 8.17. The summed E-state index contributed by atoms with van der Waals surface area (Å²) in [5.41, 5.74) is 7.40. The maximum Gasteiger partial charge on any atom is 0.255 e. The molecule has 9 heteroatoms. The third-order valence-electron chi connectivity index (χ3n) is 5.54. The lowest BCUT2D eigenvalue weighted by atomic mass is 9.96. The highest BCUT2D eigenvalue weighted by atomic mass is 16.5. The molecule has 0 spiro atoms. The largest absolute Gasteiger partial charge is 0.493 e. The molecule has 2 N–H and O–H groups in total. The van der Waals surface area contributed by atoms with Crippen LogP contribution in [0.15, 0.2) is 18.3 Å². The quantitative estimate of drug-likeness (QED) is 0.725. The molecule has 30 heavy (non-hydrogen) atoms. The topological polar surface area (TPSA) is 106 Å². The molecule has 1 aliphatic heterocycles. The van der Waals surface area contributed by atoms with Gasteiger partial charge in [-0.2, -0.15) is 0 Å². The van der Waals surface area contributed by atoms with E-state index < -0.39 is 0 Å². The monoisotopic (exact) mass is 414 g/mol. The van der Waals surface area contributed by atoms with E-state index in [2.05, 4.69) is 10.1 Å². The molecular weight excluding hydrogens is 384 g/mol. The van der Waals surface area contributed by atoms with Gasteiger partial charge in [-0.3, -0.25) is 9.59 Å². The Morgan fingerprint density at radius 3 is 2.73 bits per heavy atom. The molecule has 0 saturated carbocycles. The minimum absolute atomic E-state index is 0.117. The average Bonchev–Trinajstić information content (AvgIpc) is 3.19. The van der Waals surface area contributed by atoms with Crippen LogP contribution in [0, 0.1) is 5.92 Å². The molecule has 0 aromatic carbocycles. The summed E-state index contributed by atoms with van der Waals surface area (Å²) < 4.78 is 6.77. The minimum atomic E-state index is -0.166. The van der Waals surface area contributed by atoms with E-state index in [-0.39, 0.29) is 17.7 Å². The van der Waals surface area contributed by atoms with Crippen molar-refractivity contribution in [2.75, 3.05) is 39.0 Å². The number of hydrogen-bond acceptors (Lipinski definition) is 6. The first-order valence-electron chi connectivity index (χ1n) is 10.4. The van der Waals surface area contributed by atoms with E-state index in [1.165, 1.54) is 4.52 Å². The smallest absolute Gasteiger partial charge is 0.255 e. The molecule has 0 aliphatic carbocycles. The van der Waals surface area contributed by atoms with Gasteiger partial charge in [-0.05, 0) is 45.8 Å². The maximum absolute atomic E-state index is 13.2. The van der Waals surface area contributed by atoms with Gasteiger partial charge in [-0.1, -0.05) is 0 Å². The molecule has 0 bridgehead atoms. The highest BCUT2D eigenvalue weighted by molar-refractivity contribution is 5.96. The van der Waals surface area contributed by atoms with Crippen LogP contribution in [0.3, 0.4) is 0 Å². The highest BCUT2D eigenvalue weighted by Crippen LogP contribution is 2.23. The Balaban J connectivity index is 1.84. The van der Waals surface area contributed by atoms with Crippen molar-refractivity contribution in [1.82, 2.24) is 24.4 Å². The number of piperidine rings is 1. The number of allylic oxidation sites excluding steroid dienone is 1. The summed E-state index contributed by atoms with van der Waals surface area (Å²) in [5, 5.41) is 4.39. The van der Waals surface area contributed by atoms with Crippen LogP contribution < -0.4 is 5.73 Å². The summed E-state index contributed by atoms with van der Waals surface area (Å²) in [6.07, 6.45) is 4.99. The van der Waals surface area contributed by atoms with Crippen molar-refractivity contribution in [2.45, 2.75) is 33.6 Å². The van der Waals surface area contributed by atoms with Crippen LogP contribution >= 0.6 is 0 Å². The predicted octanol–water partition coefficient (Wildman–Crippen LogP) is 2.04. The summed E-state index contributed by atoms with van der Waals surface area (Å²) in [7, 11) is 1.55. The van der Waals surface area contributed by atoms with Gasteiger partial charge in [0.05, 0.1) is 24.3 Å². The van der Waals surface area contributed by atoms with Gasteiger partial charge in [-0.25, -0.2) is 9.50 Å². The van der Waals surface area contributed by atoms with E-state index in [4.69, 9.17) is 10.5 Å². The van der Waals surface area contributed by atoms with E-state index in [0.29, 0.717) is 54.7 Å². The lowest BCUT2D eigenvalue weighted by molar-refractivity contribution is -0.136. The summed E-state index contributed by atoms with van der Waals surface area (Å²) in [4.78, 5) is 33.9. The zero-order valence-electron chi connectivity index (χ0n) is 18.1. The molecule has 162 valence electrons. The lowest BCUT2D eigenvalue weighted by Gasteiger charge is -2.34. The lowest BCUT2D eigenvalue weighted by Crippen LogP contribution is -2.46. The van der Waals surface area contributed by atoms with Crippen molar-refractivity contribution in [3.8, 4) is 0 Å². The summed E-state index contributed by atoms with van der Waals surface area (Å²) in [6, 6.07) is 1.62. The van der Waals surface area contributed by atoms with Crippen molar-refractivity contribution in [3.05, 3.63) is 29.7 Å². The number of aromatic nitrogens is 3. The van der Waals surface area contributed by atoms with E-state index in [1.54, 1.807) is 30.3 Å². The fraction of sp³-hybridized carbons (Fsp3) is 0.524. The second-order valence-corrected chi connectivity index (χ2v) is 7.35. The number of nitrogens with zero attached hydrogens (tertiary/aromatic N) is 5. The Morgan fingerprint density at radius 2 is 2.10 bits per heavy atom. The predicted molar refractivity (Wildman–Crippen MR) is 115 cm³/mol. The number of ether oxygens (including phenoxy) is 1. The van der Waals surface area contributed by atoms with Crippen LogP contribution in [0.5, 0.6) is 0 Å². The molecule has 0 radical (unpaired) electrons. The molecule has 1 unspecified atom stereocenters. The zero-order chi connectivity index (χ0) is 21.8. The third-order valence-corrected chi connectivity index (χ3v) is 5.54. The Bertz CT molecular complexity index is 963. The molecule has 9 nitrogen and oxygen atoms in total. The first kappa shape index (κ1) is 21.6. The Hall–Kier alpha value is -3.10. The van der Waals surface area contributed by atoms with E-state index in [9.17, 15) is 9.59 Å². The number of methoxy groups -OCH3 is 1. The van der Waals surface area contributed by atoms with Gasteiger partial charge in [-0.15, -0.1) is 5.10 Å². The Kier molecular flexibility index (Phi) is 6.59. The SMILES string of the molecule is CC=C(OC)c1nc2c(N)cc(C(=O)N3CCCC(C(=O)N(CC)CC)C3)cn2n1. The number of hydrogen-bond donors (Lipinski definition) is 1. The summed E-state index contributed by atoms with van der Waals surface area (Å²) >= 11 is 0. The van der Waals surface area contributed by atoms with Gasteiger partial charge in [0.1, 0.15) is 0 Å². The Morgan fingerprint density at radius 1 is 1.37 bits per heavy atom. The van der Waals surface area contributed by atoms with Crippen LogP contribution in [0.1, 0.15) is 49.8 Å². The van der Waals surface area contributed by atoms with Gasteiger partial charge in [0, 0.05) is 32.4 Å². The third kappa shape index (κ3) is 4.10. The fourth-order valence-electron chi connectivity index (χ4n) is 3.91. The number of nitrogens with two attached hydrogens (primary N) is 1. The van der Waals surface area contributed by atoms with E-state index in [1.807, 2.05) is 25.7 Å². The van der Waals surface area contributed by atoms with Crippen LogP contribution in [-0.2, 0) is 9.53 Å². The van der Waals surface area contributed by atoms with Crippen molar-refractivity contribution < 1.29 is 14.3 Å². The van der Waals surface area contributed by atoms with E-state index in [0.717, 1.165) is 12.8 Å². The van der Waals surface area contributed by atoms with Crippen molar-refractivity contribution in [3.63, 3.8) is 0 Å². The van der Waals surface area contributed by atoms with Gasteiger partial charge < -0.3 is 20.3 Å². The van der Waals surface area contributed by atoms with Crippen molar-refractivity contribution in [2.24, 2.45) is 5.92 Å². The molecule has 3 heterocycles. The first-order valence-corrected chi connectivity index (χ1v) is 10.4. The normalized spacial score (nSPS) is 17.3. The first-order chi connectivity index (χ1) is 14.4. The summed E-state index contributed by atoms with van der Waals surface area (Å²) in [5.74, 6) is 0.724. The second-order valence-electron chi connectivity index (χ2n) is 7.35. The minimum Gasteiger partial charge on any atom is -0.493 e. The van der Waals surface area contributed by atoms with Crippen LogP contribution in [-0.4, -0.2) is 69.5 Å². The molecule has 1 saturated heterocycles. The number of nitrogen functional groups attached to an aromatic ring is 1. The number of rotatable bonds is 6. The molecule has 1 aliphatic rings. The molecule has 1 atom stereocenters. The van der Waals surface area contributed by atoms with Gasteiger partial charge in [0.15, 0.2) is 11.4 Å². The highest BCUT2D eigenvalue weighted by Gasteiger charge is 2.31. The van der Waals surface area contributed by atoms with Crippen molar-refractivity contribution in [1.29, 1.82) is 0 Å². The number of likely N-dealkylation sites (tertiary alicyclic amines) is 1. The molecule has 1 fully saturated rings. The molecule has 3 rings (SSSR count). The van der Waals surface area contributed by atoms with Crippen LogP contribution in [0.2, 0.25) is 0 Å². The zero-order valence-corrected chi connectivity index (χ0v) is 18.1. The number of pyridine rings is 1.